The van der Waals surface area contributed by atoms with Gasteiger partial charge in [0.25, 0.3) is 0 Å². The summed E-state index contributed by atoms with van der Waals surface area (Å²) in [5.74, 6) is 1.72. The average Bonchev–Trinajstić information content (AvgIpc) is 2.69. The van der Waals surface area contributed by atoms with Gasteiger partial charge in [0.2, 0.25) is 0 Å². The van der Waals surface area contributed by atoms with Crippen LogP contribution in [0.1, 0.15) is 49.9 Å². The molecule has 0 saturated carbocycles. The minimum Gasteiger partial charge on any atom is -0.487 e. The van der Waals surface area contributed by atoms with E-state index in [1.54, 1.807) is 7.05 Å². The zero-order chi connectivity index (χ0) is 20.0. The molecule has 1 aliphatic heterocycles. The van der Waals surface area contributed by atoms with Gasteiger partial charge in [-0.15, -0.1) is 0 Å². The van der Waals surface area contributed by atoms with Crippen LogP contribution in [0.3, 0.4) is 0 Å². The smallest absolute Gasteiger partial charge is 0.191 e. The van der Waals surface area contributed by atoms with E-state index in [9.17, 15) is 0 Å². The van der Waals surface area contributed by atoms with Crippen LogP contribution >= 0.6 is 0 Å². The molecule has 28 heavy (non-hydrogen) atoms. The van der Waals surface area contributed by atoms with Crippen molar-refractivity contribution in [2.24, 2.45) is 4.99 Å². The number of para-hydroxylation sites is 1. The van der Waals surface area contributed by atoms with Crippen LogP contribution in [0.2, 0.25) is 0 Å². The molecule has 0 bridgehead atoms. The third kappa shape index (κ3) is 5.04. The number of rotatable bonds is 6. The lowest BCUT2D eigenvalue weighted by atomic mass is 9.90. The van der Waals surface area contributed by atoms with E-state index in [0.717, 1.165) is 18.1 Å². The van der Waals surface area contributed by atoms with Crippen molar-refractivity contribution in [3.63, 3.8) is 0 Å². The van der Waals surface area contributed by atoms with E-state index in [0.29, 0.717) is 19.8 Å². The van der Waals surface area contributed by atoms with E-state index in [1.807, 2.05) is 25.1 Å². The molecule has 5 nitrogen and oxygen atoms in total. The number of hydrogen-bond donors (Lipinski definition) is 2. The molecule has 1 aliphatic rings. The van der Waals surface area contributed by atoms with Crippen molar-refractivity contribution in [1.29, 1.82) is 0 Å². The summed E-state index contributed by atoms with van der Waals surface area (Å²) in [6, 6.07) is 16.7. The lowest BCUT2D eigenvalue weighted by Crippen LogP contribution is -2.45. The Kier molecular flexibility index (Phi) is 6.57. The van der Waals surface area contributed by atoms with Crippen molar-refractivity contribution < 1.29 is 9.47 Å². The first-order valence-corrected chi connectivity index (χ1v) is 9.92. The molecule has 0 aromatic heterocycles. The molecular formula is C23H31N3O2. The van der Waals surface area contributed by atoms with E-state index in [-0.39, 0.29) is 11.6 Å². The minimum atomic E-state index is -0.227. The molecule has 1 heterocycles. The van der Waals surface area contributed by atoms with Crippen molar-refractivity contribution in [3.05, 3.63) is 65.2 Å². The molecule has 2 N–H and O–H groups in total. The summed E-state index contributed by atoms with van der Waals surface area (Å²) >= 11 is 0. The standard InChI is InChI=1S/C23H31N3O2/c1-5-27-16-18-11-7-6-10-17(18)15-25-22(24-4)26-20-14-23(2,3)28-21-13-9-8-12-19(20)21/h6-13,20H,5,14-16H2,1-4H3,(H2,24,25,26). The second-order valence-corrected chi connectivity index (χ2v) is 7.63. The molecule has 0 amide bonds. The predicted molar refractivity (Wildman–Crippen MR) is 114 cm³/mol. The van der Waals surface area contributed by atoms with Crippen molar-refractivity contribution in [2.45, 2.75) is 52.0 Å². The number of fused-ring (bicyclic) bond motifs is 1. The van der Waals surface area contributed by atoms with Gasteiger partial charge in [-0.2, -0.15) is 0 Å². The summed E-state index contributed by atoms with van der Waals surface area (Å²) in [5.41, 5.74) is 3.35. The van der Waals surface area contributed by atoms with Crippen molar-refractivity contribution in [3.8, 4) is 5.75 Å². The molecule has 2 aromatic carbocycles. The van der Waals surface area contributed by atoms with E-state index < -0.39 is 0 Å². The second kappa shape index (κ2) is 9.11. The van der Waals surface area contributed by atoms with E-state index >= 15 is 0 Å². The summed E-state index contributed by atoms with van der Waals surface area (Å²) in [4.78, 5) is 4.43. The summed E-state index contributed by atoms with van der Waals surface area (Å²) in [6.07, 6.45) is 0.867. The maximum atomic E-state index is 6.13. The van der Waals surface area contributed by atoms with E-state index in [2.05, 4.69) is 59.8 Å². The quantitative estimate of drug-likeness (QED) is 0.582. The topological polar surface area (TPSA) is 54.9 Å². The van der Waals surface area contributed by atoms with Gasteiger partial charge >= 0.3 is 0 Å². The molecule has 0 radical (unpaired) electrons. The largest absolute Gasteiger partial charge is 0.487 e. The number of aliphatic imine (C=N–C) groups is 1. The van der Waals surface area contributed by atoms with Crippen molar-refractivity contribution in [1.82, 2.24) is 10.6 Å². The van der Waals surface area contributed by atoms with Crippen LogP contribution in [0.5, 0.6) is 5.75 Å². The molecule has 0 spiro atoms. The molecule has 150 valence electrons. The van der Waals surface area contributed by atoms with Gasteiger partial charge in [-0.05, 0) is 38.0 Å². The molecule has 3 rings (SSSR count). The van der Waals surface area contributed by atoms with Gasteiger partial charge in [0, 0.05) is 32.2 Å². The van der Waals surface area contributed by atoms with Crippen molar-refractivity contribution in [2.75, 3.05) is 13.7 Å². The molecule has 1 unspecified atom stereocenters. The van der Waals surface area contributed by atoms with Gasteiger partial charge in [-0.1, -0.05) is 42.5 Å². The second-order valence-electron chi connectivity index (χ2n) is 7.63. The molecule has 2 aromatic rings. The number of nitrogens with zero attached hydrogens (tertiary/aromatic N) is 1. The Morgan fingerprint density at radius 1 is 1.14 bits per heavy atom. The Labute approximate surface area is 168 Å². The first-order valence-electron chi connectivity index (χ1n) is 9.92. The fourth-order valence-electron chi connectivity index (χ4n) is 3.55. The summed E-state index contributed by atoms with van der Waals surface area (Å²) in [7, 11) is 1.80. The van der Waals surface area contributed by atoms with Crippen LogP contribution in [0.15, 0.2) is 53.5 Å². The third-order valence-corrected chi connectivity index (χ3v) is 4.94. The first-order chi connectivity index (χ1) is 13.5. The van der Waals surface area contributed by atoms with Gasteiger partial charge in [-0.3, -0.25) is 4.99 Å². The third-order valence-electron chi connectivity index (χ3n) is 4.94. The van der Waals surface area contributed by atoms with Crippen molar-refractivity contribution >= 4 is 5.96 Å². The number of guanidine groups is 1. The number of benzene rings is 2. The molecule has 5 heteroatoms. The molecule has 0 fully saturated rings. The lowest BCUT2D eigenvalue weighted by molar-refractivity contribution is 0.0694. The zero-order valence-electron chi connectivity index (χ0n) is 17.3. The minimum absolute atomic E-state index is 0.143. The lowest BCUT2D eigenvalue weighted by Gasteiger charge is -2.38. The van der Waals surface area contributed by atoms with E-state index in [4.69, 9.17) is 9.47 Å². The Hall–Kier alpha value is -2.53. The average molecular weight is 382 g/mol. The Balaban J connectivity index is 1.69. The van der Waals surface area contributed by atoms with E-state index in [1.165, 1.54) is 16.7 Å². The highest BCUT2D eigenvalue weighted by Gasteiger charge is 2.33. The highest BCUT2D eigenvalue weighted by atomic mass is 16.5. The van der Waals surface area contributed by atoms with Gasteiger partial charge in [0.15, 0.2) is 5.96 Å². The normalized spacial score (nSPS) is 18.1. The SMILES string of the molecule is CCOCc1ccccc1CNC(=NC)NC1CC(C)(C)Oc2ccccc21. The maximum absolute atomic E-state index is 6.13. The van der Waals surface area contributed by atoms with Crippen LogP contribution in [0.4, 0.5) is 0 Å². The maximum Gasteiger partial charge on any atom is 0.191 e. The molecule has 1 atom stereocenters. The fourth-order valence-corrected chi connectivity index (χ4v) is 3.55. The van der Waals surface area contributed by atoms with Crippen LogP contribution < -0.4 is 15.4 Å². The Bertz CT molecular complexity index is 817. The van der Waals surface area contributed by atoms with Crippen LogP contribution in [0.25, 0.3) is 0 Å². The summed E-state index contributed by atoms with van der Waals surface area (Å²) in [6.45, 7) is 8.29. The predicted octanol–water partition coefficient (Wildman–Crippen LogP) is 4.19. The Morgan fingerprint density at radius 3 is 2.61 bits per heavy atom. The van der Waals surface area contributed by atoms with Crippen LogP contribution in [-0.4, -0.2) is 25.2 Å². The van der Waals surface area contributed by atoms with Crippen LogP contribution in [0, 0.1) is 0 Å². The zero-order valence-corrected chi connectivity index (χ0v) is 17.3. The molecular weight excluding hydrogens is 350 g/mol. The fraction of sp³-hybridized carbons (Fsp3) is 0.435. The van der Waals surface area contributed by atoms with Gasteiger partial charge in [0.1, 0.15) is 11.4 Å². The summed E-state index contributed by atoms with van der Waals surface area (Å²) in [5, 5.41) is 7.03. The number of ether oxygens (including phenoxy) is 2. The number of nitrogens with one attached hydrogen (secondary N) is 2. The monoisotopic (exact) mass is 381 g/mol. The van der Waals surface area contributed by atoms with Gasteiger partial charge in [0.05, 0.1) is 12.6 Å². The van der Waals surface area contributed by atoms with Gasteiger partial charge in [-0.25, -0.2) is 0 Å². The first kappa shape index (κ1) is 20.2. The highest BCUT2D eigenvalue weighted by Crippen LogP contribution is 2.39. The number of hydrogen-bond acceptors (Lipinski definition) is 3. The molecule has 0 aliphatic carbocycles. The summed E-state index contributed by atoms with van der Waals surface area (Å²) < 4.78 is 11.7. The Morgan fingerprint density at radius 2 is 1.86 bits per heavy atom. The highest BCUT2D eigenvalue weighted by molar-refractivity contribution is 5.80. The van der Waals surface area contributed by atoms with Crippen LogP contribution in [-0.2, 0) is 17.9 Å². The molecule has 0 saturated heterocycles. The van der Waals surface area contributed by atoms with Gasteiger partial charge < -0.3 is 20.1 Å².